The standard InChI is InChI=1S/C19H28OS/c1-4-17(5-2)19(3)10-9-15-13-18(20-11-6-12-21)8-7-16(15)14-19/h7-9,13-14,17,21H,4-6,10-12H2,1-3H3. The molecule has 0 fully saturated rings. The Bertz CT molecular complexity index is 574. The first-order chi connectivity index (χ1) is 10.1. The van der Waals surface area contributed by atoms with Gasteiger partial charge in [0.1, 0.15) is 5.75 Å². The summed E-state index contributed by atoms with van der Waals surface area (Å²) < 4.78 is 5.77. The Balaban J connectivity index is 2.24. The zero-order valence-electron chi connectivity index (χ0n) is 13.6. The van der Waals surface area contributed by atoms with Gasteiger partial charge >= 0.3 is 0 Å². The Labute approximate surface area is 134 Å². The predicted octanol–water partition coefficient (Wildman–Crippen LogP) is 3.79. The molecule has 2 heteroatoms. The van der Waals surface area contributed by atoms with E-state index in [9.17, 15) is 0 Å². The van der Waals surface area contributed by atoms with Gasteiger partial charge in [0.05, 0.1) is 6.61 Å². The van der Waals surface area contributed by atoms with E-state index in [0.29, 0.717) is 5.41 Å². The van der Waals surface area contributed by atoms with E-state index in [1.807, 2.05) is 0 Å². The highest BCUT2D eigenvalue weighted by atomic mass is 32.1. The average Bonchev–Trinajstić information content (AvgIpc) is 2.49. The van der Waals surface area contributed by atoms with E-state index in [1.54, 1.807) is 0 Å². The van der Waals surface area contributed by atoms with E-state index in [-0.39, 0.29) is 0 Å². The highest BCUT2D eigenvalue weighted by Gasteiger charge is 2.29. The molecule has 0 saturated heterocycles. The van der Waals surface area contributed by atoms with Crippen LogP contribution in [0.2, 0.25) is 0 Å². The molecule has 1 aromatic rings. The van der Waals surface area contributed by atoms with Gasteiger partial charge in [-0.15, -0.1) is 0 Å². The van der Waals surface area contributed by atoms with Crippen LogP contribution < -0.4 is 15.2 Å². The topological polar surface area (TPSA) is 9.23 Å². The monoisotopic (exact) mass is 304 g/mol. The molecule has 1 unspecified atom stereocenters. The van der Waals surface area contributed by atoms with Crippen molar-refractivity contribution in [2.24, 2.45) is 11.3 Å². The summed E-state index contributed by atoms with van der Waals surface area (Å²) in [6.45, 7) is 7.76. The van der Waals surface area contributed by atoms with Gasteiger partial charge in [0.25, 0.3) is 0 Å². The quantitative estimate of drug-likeness (QED) is 0.595. The Hall–Kier alpha value is -0.890. The van der Waals surface area contributed by atoms with Crippen LogP contribution in [0.5, 0.6) is 5.75 Å². The summed E-state index contributed by atoms with van der Waals surface area (Å²) in [6, 6.07) is 6.48. The van der Waals surface area contributed by atoms with Gasteiger partial charge in [0, 0.05) is 0 Å². The Kier molecular flexibility index (Phi) is 5.80. The zero-order chi connectivity index (χ0) is 15.3. The molecule has 1 aromatic carbocycles. The maximum Gasteiger partial charge on any atom is 0.119 e. The first kappa shape index (κ1) is 16.5. The van der Waals surface area contributed by atoms with Crippen molar-refractivity contribution in [2.75, 3.05) is 12.4 Å². The van der Waals surface area contributed by atoms with Crippen LogP contribution in [-0.4, -0.2) is 12.4 Å². The molecule has 1 atom stereocenters. The van der Waals surface area contributed by atoms with Crippen LogP contribution in [0, 0.1) is 11.3 Å². The Morgan fingerprint density at radius 3 is 2.67 bits per heavy atom. The number of ether oxygens (including phenoxy) is 1. The van der Waals surface area contributed by atoms with Crippen molar-refractivity contribution >= 4 is 24.8 Å². The fourth-order valence-corrected chi connectivity index (χ4v) is 3.58. The van der Waals surface area contributed by atoms with Gasteiger partial charge < -0.3 is 4.74 Å². The van der Waals surface area contributed by atoms with Crippen molar-refractivity contribution in [1.82, 2.24) is 0 Å². The van der Waals surface area contributed by atoms with Crippen molar-refractivity contribution in [3.8, 4) is 5.75 Å². The first-order valence-corrected chi connectivity index (χ1v) is 8.83. The van der Waals surface area contributed by atoms with E-state index in [4.69, 9.17) is 4.74 Å². The molecular formula is C19H28OS. The fourth-order valence-electron chi connectivity index (χ4n) is 3.46. The maximum absolute atomic E-state index is 5.77. The first-order valence-electron chi connectivity index (χ1n) is 8.19. The summed E-state index contributed by atoms with van der Waals surface area (Å²) in [5, 5.41) is 2.68. The van der Waals surface area contributed by atoms with Gasteiger partial charge in [-0.3, -0.25) is 0 Å². The number of thiol groups is 1. The molecule has 0 amide bonds. The summed E-state index contributed by atoms with van der Waals surface area (Å²) in [6.07, 6.45) is 9.49. The molecule has 0 saturated carbocycles. The minimum Gasteiger partial charge on any atom is -0.494 e. The Morgan fingerprint density at radius 2 is 2.00 bits per heavy atom. The molecule has 1 aliphatic carbocycles. The molecule has 0 N–H and O–H groups in total. The van der Waals surface area contributed by atoms with E-state index >= 15 is 0 Å². The lowest BCUT2D eigenvalue weighted by atomic mass is 9.70. The Morgan fingerprint density at radius 1 is 1.24 bits per heavy atom. The SMILES string of the molecule is CCC(CC)C1(C)C=c2ccc(OCCCS)cc2=CC1. The van der Waals surface area contributed by atoms with Crippen LogP contribution in [0.15, 0.2) is 18.2 Å². The van der Waals surface area contributed by atoms with E-state index < -0.39 is 0 Å². The highest BCUT2D eigenvalue weighted by molar-refractivity contribution is 7.80. The van der Waals surface area contributed by atoms with Crippen molar-refractivity contribution in [3.05, 3.63) is 28.6 Å². The largest absolute Gasteiger partial charge is 0.494 e. The second-order valence-electron chi connectivity index (χ2n) is 6.29. The summed E-state index contributed by atoms with van der Waals surface area (Å²) in [7, 11) is 0. The third kappa shape index (κ3) is 3.85. The number of rotatable bonds is 7. The molecular weight excluding hydrogens is 276 g/mol. The molecule has 2 rings (SSSR count). The van der Waals surface area contributed by atoms with Crippen molar-refractivity contribution in [2.45, 2.75) is 46.5 Å². The van der Waals surface area contributed by atoms with E-state index in [1.165, 1.54) is 23.3 Å². The second-order valence-corrected chi connectivity index (χ2v) is 6.74. The van der Waals surface area contributed by atoms with Crippen LogP contribution >= 0.6 is 12.6 Å². The molecule has 116 valence electrons. The average molecular weight is 304 g/mol. The fraction of sp³-hybridized carbons (Fsp3) is 0.579. The summed E-state index contributed by atoms with van der Waals surface area (Å²) >= 11 is 4.21. The number of fused-ring (bicyclic) bond motifs is 1. The highest BCUT2D eigenvalue weighted by Crippen LogP contribution is 2.38. The minimum absolute atomic E-state index is 0.297. The van der Waals surface area contributed by atoms with Gasteiger partial charge in [0.15, 0.2) is 0 Å². The van der Waals surface area contributed by atoms with Gasteiger partial charge in [-0.2, -0.15) is 12.6 Å². The molecule has 0 radical (unpaired) electrons. The second kappa shape index (κ2) is 7.40. The number of hydrogen-bond acceptors (Lipinski definition) is 2. The minimum atomic E-state index is 0.297. The molecule has 1 aliphatic rings. The molecule has 0 aromatic heterocycles. The van der Waals surface area contributed by atoms with Crippen LogP contribution in [0.1, 0.15) is 46.5 Å². The van der Waals surface area contributed by atoms with E-state index in [2.05, 4.69) is 63.8 Å². The summed E-state index contributed by atoms with van der Waals surface area (Å²) in [4.78, 5) is 0. The molecule has 0 heterocycles. The van der Waals surface area contributed by atoms with Gasteiger partial charge in [-0.25, -0.2) is 0 Å². The lowest BCUT2D eigenvalue weighted by Gasteiger charge is -2.35. The van der Waals surface area contributed by atoms with Crippen LogP contribution in [0.4, 0.5) is 0 Å². The van der Waals surface area contributed by atoms with Gasteiger partial charge in [0.2, 0.25) is 0 Å². The summed E-state index contributed by atoms with van der Waals surface area (Å²) in [5.41, 5.74) is 0.297. The lowest BCUT2D eigenvalue weighted by Crippen LogP contribution is -2.36. The molecule has 21 heavy (non-hydrogen) atoms. The smallest absolute Gasteiger partial charge is 0.119 e. The van der Waals surface area contributed by atoms with Crippen LogP contribution in [-0.2, 0) is 0 Å². The molecule has 1 nitrogen and oxygen atoms in total. The predicted molar refractivity (Wildman–Crippen MR) is 95.4 cm³/mol. The van der Waals surface area contributed by atoms with Crippen LogP contribution in [0.25, 0.3) is 12.2 Å². The van der Waals surface area contributed by atoms with Crippen molar-refractivity contribution in [1.29, 1.82) is 0 Å². The normalized spacial score (nSPS) is 20.6. The third-order valence-electron chi connectivity index (χ3n) is 4.79. The van der Waals surface area contributed by atoms with Crippen molar-refractivity contribution in [3.63, 3.8) is 0 Å². The molecule has 0 spiro atoms. The van der Waals surface area contributed by atoms with Crippen molar-refractivity contribution < 1.29 is 4.74 Å². The lowest BCUT2D eigenvalue weighted by molar-refractivity contribution is 0.266. The van der Waals surface area contributed by atoms with Gasteiger partial charge in [-0.1, -0.05) is 51.8 Å². The summed E-state index contributed by atoms with van der Waals surface area (Å²) in [5.74, 6) is 2.61. The van der Waals surface area contributed by atoms with E-state index in [0.717, 1.165) is 36.9 Å². The molecule has 0 bridgehead atoms. The molecule has 0 aliphatic heterocycles. The number of benzene rings is 1. The maximum atomic E-state index is 5.77. The zero-order valence-corrected chi connectivity index (χ0v) is 14.5. The van der Waals surface area contributed by atoms with Gasteiger partial charge in [-0.05, 0) is 52.5 Å². The number of hydrogen-bond donors (Lipinski definition) is 1. The third-order valence-corrected chi connectivity index (χ3v) is 5.11. The van der Waals surface area contributed by atoms with Crippen LogP contribution in [0.3, 0.4) is 0 Å².